The summed E-state index contributed by atoms with van der Waals surface area (Å²) in [5.41, 5.74) is 1.72. The minimum absolute atomic E-state index is 0.408. The van der Waals surface area contributed by atoms with Crippen molar-refractivity contribution in [2.75, 3.05) is 0 Å². The first-order valence-electron chi connectivity index (χ1n) is 7.47. The Kier molecular flexibility index (Phi) is 4.49. The van der Waals surface area contributed by atoms with Crippen LogP contribution in [0.2, 0.25) is 5.02 Å². The minimum Gasteiger partial charge on any atom is -0.420 e. The van der Waals surface area contributed by atoms with Gasteiger partial charge in [-0.1, -0.05) is 53.7 Å². The first-order chi connectivity index (χ1) is 12.3. The monoisotopic (exact) mass is 369 g/mol. The number of benzene rings is 2. The molecule has 0 atom stereocenters. The molecule has 0 saturated heterocycles. The van der Waals surface area contributed by atoms with E-state index in [9.17, 15) is 0 Å². The molecule has 0 aliphatic rings. The third kappa shape index (κ3) is 3.42. The zero-order valence-corrected chi connectivity index (χ0v) is 14.5. The molecule has 2 heterocycles. The highest BCUT2D eigenvalue weighted by Crippen LogP contribution is 2.28. The number of rotatable bonds is 5. The van der Waals surface area contributed by atoms with Crippen molar-refractivity contribution in [2.24, 2.45) is 0 Å². The number of aromatic nitrogens is 5. The molecule has 124 valence electrons. The van der Waals surface area contributed by atoms with Crippen molar-refractivity contribution < 1.29 is 4.42 Å². The summed E-state index contributed by atoms with van der Waals surface area (Å²) >= 11 is 7.63. The van der Waals surface area contributed by atoms with E-state index >= 15 is 0 Å². The van der Waals surface area contributed by atoms with Gasteiger partial charge in [-0.15, -0.1) is 20.4 Å². The fraction of sp³-hybridized carbons (Fsp3) is 0.0588. The van der Waals surface area contributed by atoms with Gasteiger partial charge in [0.1, 0.15) is 6.33 Å². The fourth-order valence-electron chi connectivity index (χ4n) is 2.27. The van der Waals surface area contributed by atoms with Crippen LogP contribution in [-0.4, -0.2) is 25.0 Å². The van der Waals surface area contributed by atoms with Crippen LogP contribution in [0, 0.1) is 0 Å². The van der Waals surface area contributed by atoms with Crippen LogP contribution in [0.15, 0.2) is 70.5 Å². The SMILES string of the molecule is Clc1ccccc1-c1nnc(CSc2nncn2-c2ccccc2)o1. The Morgan fingerprint density at radius 3 is 2.60 bits per heavy atom. The molecule has 2 aromatic heterocycles. The van der Waals surface area contributed by atoms with Gasteiger partial charge in [-0.25, -0.2) is 0 Å². The van der Waals surface area contributed by atoms with Crippen molar-refractivity contribution in [2.45, 2.75) is 10.9 Å². The smallest absolute Gasteiger partial charge is 0.249 e. The summed E-state index contributed by atoms with van der Waals surface area (Å²) < 4.78 is 7.62. The van der Waals surface area contributed by atoms with Gasteiger partial charge in [-0.2, -0.15) is 0 Å². The van der Waals surface area contributed by atoms with Gasteiger partial charge < -0.3 is 4.42 Å². The molecule has 4 rings (SSSR count). The maximum absolute atomic E-state index is 6.16. The first kappa shape index (κ1) is 15.9. The van der Waals surface area contributed by atoms with Gasteiger partial charge >= 0.3 is 0 Å². The van der Waals surface area contributed by atoms with Gasteiger partial charge in [0.25, 0.3) is 0 Å². The Hall–Kier alpha value is -2.64. The van der Waals surface area contributed by atoms with E-state index in [1.807, 2.05) is 53.1 Å². The van der Waals surface area contributed by atoms with E-state index < -0.39 is 0 Å². The largest absolute Gasteiger partial charge is 0.420 e. The van der Waals surface area contributed by atoms with Gasteiger partial charge in [-0.05, 0) is 24.3 Å². The van der Waals surface area contributed by atoms with E-state index in [1.54, 1.807) is 12.4 Å². The molecule has 0 saturated carbocycles. The van der Waals surface area contributed by atoms with Gasteiger partial charge in [-0.3, -0.25) is 4.57 Å². The molecule has 0 spiro atoms. The molecule has 0 aliphatic heterocycles. The predicted molar refractivity (Wildman–Crippen MR) is 95.7 cm³/mol. The topological polar surface area (TPSA) is 69.6 Å². The van der Waals surface area contributed by atoms with Crippen LogP contribution in [0.3, 0.4) is 0 Å². The van der Waals surface area contributed by atoms with Gasteiger partial charge in [0.2, 0.25) is 11.8 Å². The van der Waals surface area contributed by atoms with Crippen molar-refractivity contribution in [1.82, 2.24) is 25.0 Å². The highest BCUT2D eigenvalue weighted by molar-refractivity contribution is 7.98. The molecule has 0 radical (unpaired) electrons. The van der Waals surface area contributed by atoms with E-state index in [-0.39, 0.29) is 0 Å². The molecule has 0 aliphatic carbocycles. The van der Waals surface area contributed by atoms with Gasteiger partial charge in [0.05, 0.1) is 16.3 Å². The molecular formula is C17H12ClN5OS. The first-order valence-corrected chi connectivity index (χ1v) is 8.83. The standard InChI is InChI=1S/C17H12ClN5OS/c18-14-9-5-4-8-13(14)16-21-20-15(24-16)10-25-17-22-19-11-23(17)12-6-2-1-3-7-12/h1-9,11H,10H2. The number of hydrogen-bond acceptors (Lipinski definition) is 6. The summed E-state index contributed by atoms with van der Waals surface area (Å²) in [4.78, 5) is 0. The van der Waals surface area contributed by atoms with Crippen molar-refractivity contribution in [1.29, 1.82) is 0 Å². The molecule has 25 heavy (non-hydrogen) atoms. The van der Waals surface area contributed by atoms with Crippen LogP contribution >= 0.6 is 23.4 Å². The van der Waals surface area contributed by atoms with E-state index in [0.717, 1.165) is 16.4 Å². The minimum atomic E-state index is 0.408. The predicted octanol–water partition coefficient (Wildman–Crippen LogP) is 4.26. The Balaban J connectivity index is 1.50. The van der Waals surface area contributed by atoms with Crippen LogP contribution in [0.1, 0.15) is 5.89 Å². The number of hydrogen-bond donors (Lipinski definition) is 0. The number of thioether (sulfide) groups is 1. The molecule has 6 nitrogen and oxygen atoms in total. The van der Waals surface area contributed by atoms with Crippen LogP contribution < -0.4 is 0 Å². The van der Waals surface area contributed by atoms with E-state index in [1.165, 1.54) is 11.8 Å². The molecule has 8 heteroatoms. The summed E-state index contributed by atoms with van der Waals surface area (Å²) in [6, 6.07) is 17.3. The fourth-order valence-corrected chi connectivity index (χ4v) is 3.25. The Labute approximate surface area is 152 Å². The van der Waals surface area contributed by atoms with Crippen LogP contribution in [0.4, 0.5) is 0 Å². The number of nitrogens with zero attached hydrogens (tertiary/aromatic N) is 5. The van der Waals surface area contributed by atoms with Crippen molar-refractivity contribution in [3.05, 3.63) is 71.8 Å². The lowest BCUT2D eigenvalue weighted by atomic mass is 10.2. The van der Waals surface area contributed by atoms with Crippen molar-refractivity contribution >= 4 is 23.4 Å². The second-order valence-electron chi connectivity index (χ2n) is 5.09. The molecule has 0 amide bonds. The highest BCUT2D eigenvalue weighted by Gasteiger charge is 2.13. The summed E-state index contributed by atoms with van der Waals surface area (Å²) in [6.45, 7) is 0. The molecule has 0 fully saturated rings. The lowest BCUT2D eigenvalue weighted by Gasteiger charge is -2.04. The molecule has 2 aromatic carbocycles. The Morgan fingerprint density at radius 1 is 0.960 bits per heavy atom. The second-order valence-corrected chi connectivity index (χ2v) is 6.44. The third-order valence-electron chi connectivity index (χ3n) is 3.45. The summed E-state index contributed by atoms with van der Waals surface area (Å²) in [6.07, 6.45) is 1.68. The van der Waals surface area contributed by atoms with Crippen molar-refractivity contribution in [3.8, 4) is 17.1 Å². The van der Waals surface area contributed by atoms with E-state index in [4.69, 9.17) is 16.0 Å². The van der Waals surface area contributed by atoms with E-state index in [2.05, 4.69) is 20.4 Å². The quantitative estimate of drug-likeness (QED) is 0.489. The lowest BCUT2D eigenvalue weighted by molar-refractivity contribution is 0.528. The summed E-state index contributed by atoms with van der Waals surface area (Å²) in [5, 5.41) is 17.6. The molecule has 0 N–H and O–H groups in total. The number of halogens is 1. The van der Waals surface area contributed by atoms with Crippen molar-refractivity contribution in [3.63, 3.8) is 0 Å². The second kappa shape index (κ2) is 7.08. The zero-order valence-electron chi connectivity index (χ0n) is 12.9. The van der Waals surface area contributed by atoms with Crippen LogP contribution in [0.5, 0.6) is 0 Å². The average Bonchev–Trinajstić information content (AvgIpc) is 3.30. The van der Waals surface area contributed by atoms with Crippen LogP contribution in [0.25, 0.3) is 17.1 Å². The van der Waals surface area contributed by atoms with Gasteiger partial charge in [0, 0.05) is 5.69 Å². The normalized spacial score (nSPS) is 10.9. The van der Waals surface area contributed by atoms with Gasteiger partial charge in [0.15, 0.2) is 5.16 Å². The zero-order chi connectivity index (χ0) is 17.1. The molecule has 4 aromatic rings. The molecular weight excluding hydrogens is 358 g/mol. The third-order valence-corrected chi connectivity index (χ3v) is 4.70. The van der Waals surface area contributed by atoms with Crippen LogP contribution in [-0.2, 0) is 5.75 Å². The average molecular weight is 370 g/mol. The Morgan fingerprint density at radius 2 is 1.76 bits per heavy atom. The molecule has 0 unspecified atom stereocenters. The summed E-state index contributed by atoms with van der Waals surface area (Å²) in [5.74, 6) is 1.40. The highest BCUT2D eigenvalue weighted by atomic mass is 35.5. The maximum Gasteiger partial charge on any atom is 0.249 e. The lowest BCUT2D eigenvalue weighted by Crippen LogP contribution is -1.94. The number of para-hydroxylation sites is 1. The maximum atomic E-state index is 6.16. The Bertz CT molecular complexity index is 985. The molecule has 0 bridgehead atoms. The van der Waals surface area contributed by atoms with E-state index in [0.29, 0.717) is 22.6 Å². The summed E-state index contributed by atoms with van der Waals surface area (Å²) in [7, 11) is 0.